The molecule has 1 aliphatic rings. The lowest BCUT2D eigenvalue weighted by atomic mass is 9.97. The maximum atomic E-state index is 5.61. The van der Waals surface area contributed by atoms with Crippen molar-refractivity contribution in [2.24, 2.45) is 0 Å². The van der Waals surface area contributed by atoms with Crippen LogP contribution in [-0.4, -0.2) is 48.8 Å². The molecule has 0 aromatic carbocycles. The summed E-state index contributed by atoms with van der Waals surface area (Å²) in [6.07, 6.45) is 4.03. The Morgan fingerprint density at radius 3 is 2.88 bits per heavy atom. The second kappa shape index (κ2) is 6.22. The number of hydrogen-bond donors (Lipinski definition) is 0. The van der Waals surface area contributed by atoms with Gasteiger partial charge in [0, 0.05) is 24.0 Å². The summed E-state index contributed by atoms with van der Waals surface area (Å²) in [5, 5.41) is 8.63. The molecule has 7 nitrogen and oxygen atoms in total. The molecule has 1 aliphatic heterocycles. The van der Waals surface area contributed by atoms with Crippen molar-refractivity contribution >= 4 is 5.65 Å². The molecule has 3 aromatic heterocycles. The summed E-state index contributed by atoms with van der Waals surface area (Å²) in [6.45, 7) is 10.6. The van der Waals surface area contributed by atoms with Crippen molar-refractivity contribution in [3.63, 3.8) is 0 Å². The van der Waals surface area contributed by atoms with E-state index >= 15 is 0 Å². The SMILES string of the molecule is Cc1cc(C)n2ncc(-c3noc(C4CCCN(C(C)C)C4)n3)c2n1. The average molecular weight is 340 g/mol. The van der Waals surface area contributed by atoms with Crippen molar-refractivity contribution in [2.45, 2.75) is 52.5 Å². The normalized spacial score (nSPS) is 19.2. The van der Waals surface area contributed by atoms with Gasteiger partial charge >= 0.3 is 0 Å². The molecule has 25 heavy (non-hydrogen) atoms. The Morgan fingerprint density at radius 2 is 2.08 bits per heavy atom. The maximum absolute atomic E-state index is 5.61. The lowest BCUT2D eigenvalue weighted by Crippen LogP contribution is -2.39. The van der Waals surface area contributed by atoms with Crippen molar-refractivity contribution in [1.29, 1.82) is 0 Å². The summed E-state index contributed by atoms with van der Waals surface area (Å²) in [5.74, 6) is 1.60. The van der Waals surface area contributed by atoms with Crippen LogP contribution in [0.25, 0.3) is 17.0 Å². The summed E-state index contributed by atoms with van der Waals surface area (Å²) in [7, 11) is 0. The second-order valence-corrected chi connectivity index (χ2v) is 7.22. The zero-order valence-electron chi connectivity index (χ0n) is 15.2. The Kier molecular flexibility index (Phi) is 4.03. The quantitative estimate of drug-likeness (QED) is 0.730. The van der Waals surface area contributed by atoms with Crippen molar-refractivity contribution < 1.29 is 4.52 Å². The predicted molar refractivity (Wildman–Crippen MR) is 94.4 cm³/mol. The standard InChI is InChI=1S/C18H24N6O/c1-11(2)23-7-5-6-14(10-23)18-21-16(22-25-18)15-9-19-24-13(4)8-12(3)20-17(15)24/h8-9,11,14H,5-7,10H2,1-4H3. The van der Waals surface area contributed by atoms with Crippen LogP contribution >= 0.6 is 0 Å². The van der Waals surface area contributed by atoms with Gasteiger partial charge in [-0.1, -0.05) is 5.16 Å². The molecule has 0 bridgehead atoms. The van der Waals surface area contributed by atoms with Crippen LogP contribution in [-0.2, 0) is 0 Å². The average Bonchev–Trinajstić information content (AvgIpc) is 3.21. The highest BCUT2D eigenvalue weighted by Gasteiger charge is 2.28. The third-order valence-corrected chi connectivity index (χ3v) is 4.99. The van der Waals surface area contributed by atoms with E-state index in [4.69, 9.17) is 4.52 Å². The number of piperidine rings is 1. The van der Waals surface area contributed by atoms with Gasteiger partial charge in [0.2, 0.25) is 11.7 Å². The van der Waals surface area contributed by atoms with E-state index in [-0.39, 0.29) is 0 Å². The van der Waals surface area contributed by atoms with E-state index in [1.165, 1.54) is 0 Å². The number of likely N-dealkylation sites (tertiary alicyclic amines) is 1. The van der Waals surface area contributed by atoms with E-state index in [1.807, 2.05) is 24.4 Å². The van der Waals surface area contributed by atoms with Gasteiger partial charge in [0.1, 0.15) is 0 Å². The third-order valence-electron chi connectivity index (χ3n) is 4.99. The number of aromatic nitrogens is 5. The van der Waals surface area contributed by atoms with Crippen molar-refractivity contribution in [3.8, 4) is 11.4 Å². The smallest absolute Gasteiger partial charge is 0.231 e. The summed E-state index contributed by atoms with van der Waals surface area (Å²) in [4.78, 5) is 11.8. The molecule has 1 unspecified atom stereocenters. The molecule has 1 atom stereocenters. The van der Waals surface area contributed by atoms with Gasteiger partial charge in [-0.15, -0.1) is 0 Å². The van der Waals surface area contributed by atoms with Crippen LogP contribution in [0.15, 0.2) is 16.8 Å². The highest BCUT2D eigenvalue weighted by Crippen LogP contribution is 2.29. The first-order valence-corrected chi connectivity index (χ1v) is 8.93. The van der Waals surface area contributed by atoms with Gasteiger partial charge < -0.3 is 9.42 Å². The molecule has 0 aliphatic carbocycles. The Balaban J connectivity index is 1.66. The first-order chi connectivity index (χ1) is 12.0. The number of fused-ring (bicyclic) bond motifs is 1. The zero-order valence-corrected chi connectivity index (χ0v) is 15.2. The topological polar surface area (TPSA) is 72.3 Å². The molecule has 0 amide bonds. The van der Waals surface area contributed by atoms with Gasteiger partial charge in [-0.25, -0.2) is 9.50 Å². The second-order valence-electron chi connectivity index (χ2n) is 7.22. The monoisotopic (exact) mass is 340 g/mol. The summed E-state index contributed by atoms with van der Waals surface area (Å²) >= 11 is 0. The summed E-state index contributed by atoms with van der Waals surface area (Å²) in [6, 6.07) is 2.55. The van der Waals surface area contributed by atoms with Gasteiger partial charge in [-0.05, 0) is 53.1 Å². The number of aryl methyl sites for hydroxylation is 2. The minimum absolute atomic E-state index is 0.302. The summed E-state index contributed by atoms with van der Waals surface area (Å²) < 4.78 is 7.43. The highest BCUT2D eigenvalue weighted by atomic mass is 16.5. The molecule has 1 saturated heterocycles. The van der Waals surface area contributed by atoms with Gasteiger partial charge in [0.25, 0.3) is 0 Å². The molecule has 0 radical (unpaired) electrons. The highest BCUT2D eigenvalue weighted by molar-refractivity contribution is 5.72. The molecule has 0 saturated carbocycles. The van der Waals surface area contributed by atoms with Crippen LogP contribution in [0.2, 0.25) is 0 Å². The molecule has 7 heteroatoms. The molecule has 0 N–H and O–H groups in total. The van der Waals surface area contributed by atoms with Gasteiger partial charge in [-0.3, -0.25) is 0 Å². The van der Waals surface area contributed by atoms with Crippen LogP contribution in [0.3, 0.4) is 0 Å². The number of nitrogens with zero attached hydrogens (tertiary/aromatic N) is 6. The van der Waals surface area contributed by atoms with E-state index in [0.29, 0.717) is 17.8 Å². The fourth-order valence-electron chi connectivity index (χ4n) is 3.62. The molecule has 132 valence electrons. The molecular formula is C18H24N6O. The van der Waals surface area contributed by atoms with Gasteiger partial charge in [-0.2, -0.15) is 10.1 Å². The molecule has 1 fully saturated rings. The Hall–Kier alpha value is -2.28. The van der Waals surface area contributed by atoms with Gasteiger partial charge in [0.05, 0.1) is 17.7 Å². The number of hydrogen-bond acceptors (Lipinski definition) is 6. The van der Waals surface area contributed by atoms with Crippen LogP contribution in [0.5, 0.6) is 0 Å². The van der Waals surface area contributed by atoms with E-state index in [0.717, 1.165) is 54.4 Å². The van der Waals surface area contributed by atoms with E-state index in [1.54, 1.807) is 6.20 Å². The number of rotatable bonds is 3. The van der Waals surface area contributed by atoms with Crippen LogP contribution in [0, 0.1) is 13.8 Å². The van der Waals surface area contributed by atoms with E-state index in [9.17, 15) is 0 Å². The lowest BCUT2D eigenvalue weighted by Gasteiger charge is -2.33. The Labute approximate surface area is 147 Å². The Morgan fingerprint density at radius 1 is 1.24 bits per heavy atom. The fraction of sp³-hybridized carbons (Fsp3) is 0.556. The maximum Gasteiger partial charge on any atom is 0.231 e. The lowest BCUT2D eigenvalue weighted by molar-refractivity contribution is 0.153. The molecular weight excluding hydrogens is 316 g/mol. The van der Waals surface area contributed by atoms with E-state index < -0.39 is 0 Å². The molecule has 0 spiro atoms. The first-order valence-electron chi connectivity index (χ1n) is 8.93. The minimum Gasteiger partial charge on any atom is -0.339 e. The molecule has 4 rings (SSSR count). The van der Waals surface area contributed by atoms with Gasteiger partial charge in [0.15, 0.2) is 5.65 Å². The largest absolute Gasteiger partial charge is 0.339 e. The fourth-order valence-corrected chi connectivity index (χ4v) is 3.62. The van der Waals surface area contributed by atoms with Crippen molar-refractivity contribution in [1.82, 2.24) is 29.6 Å². The van der Waals surface area contributed by atoms with Crippen molar-refractivity contribution in [3.05, 3.63) is 29.5 Å². The third kappa shape index (κ3) is 2.93. The minimum atomic E-state index is 0.302. The first kappa shape index (κ1) is 16.2. The van der Waals surface area contributed by atoms with Crippen LogP contribution in [0.4, 0.5) is 0 Å². The molecule has 4 heterocycles. The zero-order chi connectivity index (χ0) is 17.6. The molecule has 3 aromatic rings. The van der Waals surface area contributed by atoms with Crippen LogP contribution in [0.1, 0.15) is 49.9 Å². The summed E-state index contributed by atoms with van der Waals surface area (Å²) in [5.41, 5.74) is 3.59. The van der Waals surface area contributed by atoms with Crippen molar-refractivity contribution in [2.75, 3.05) is 13.1 Å². The van der Waals surface area contributed by atoms with Crippen LogP contribution < -0.4 is 0 Å². The Bertz CT molecular complexity index is 896. The van der Waals surface area contributed by atoms with E-state index in [2.05, 4.69) is 39.0 Å². The predicted octanol–water partition coefficient (Wildman–Crippen LogP) is 2.98.